The van der Waals surface area contributed by atoms with Gasteiger partial charge in [-0.05, 0) is 55.5 Å². The molecule has 0 aliphatic heterocycles. The second kappa shape index (κ2) is 9.16. The molecule has 1 unspecified atom stereocenters. The minimum absolute atomic E-state index is 0.0756. The summed E-state index contributed by atoms with van der Waals surface area (Å²) in [4.78, 5) is 26.0. The summed E-state index contributed by atoms with van der Waals surface area (Å²) in [5, 5.41) is 2.96. The lowest BCUT2D eigenvalue weighted by Gasteiger charge is -2.16. The van der Waals surface area contributed by atoms with Gasteiger partial charge in [-0.2, -0.15) is 0 Å². The Morgan fingerprint density at radius 3 is 2.38 bits per heavy atom. The predicted octanol–water partition coefficient (Wildman–Crippen LogP) is 3.71. The van der Waals surface area contributed by atoms with Crippen LogP contribution in [0.2, 0.25) is 0 Å². The topological polar surface area (TPSA) is 119 Å². The van der Waals surface area contributed by atoms with Crippen molar-refractivity contribution < 1.29 is 26.8 Å². The fraction of sp³-hybridized carbons (Fsp3) is 0.167. The van der Waals surface area contributed by atoms with Crippen LogP contribution in [0.1, 0.15) is 6.92 Å². The lowest BCUT2D eigenvalue weighted by atomic mass is 10.2. The molecular weight excluding hydrogens is 460 g/mol. The number of fused-ring (bicyclic) bond motifs is 1. The molecule has 4 aromatic rings. The summed E-state index contributed by atoms with van der Waals surface area (Å²) in [7, 11) is -0.717. The number of nitrogens with one attached hydrogen (secondary N) is 1. The largest absolute Gasteiger partial charge is 0.473 e. The van der Waals surface area contributed by atoms with Gasteiger partial charge in [-0.1, -0.05) is 12.1 Å². The molecule has 2 aromatic carbocycles. The molecular formula is C24H22N2O7S. The minimum Gasteiger partial charge on any atom is -0.473 e. The number of rotatable bonds is 7. The quantitative estimate of drug-likeness (QED) is 0.426. The van der Waals surface area contributed by atoms with Crippen LogP contribution in [0.5, 0.6) is 5.75 Å². The van der Waals surface area contributed by atoms with Crippen LogP contribution in [0, 0.1) is 0 Å². The number of hydrogen-bond acceptors (Lipinski definition) is 7. The van der Waals surface area contributed by atoms with Crippen molar-refractivity contribution in [2.75, 3.05) is 19.4 Å². The molecule has 0 radical (unpaired) electrons. The Hall–Kier alpha value is -3.89. The summed E-state index contributed by atoms with van der Waals surface area (Å²) >= 11 is 0. The number of sulfonamides is 1. The second-order valence-corrected chi connectivity index (χ2v) is 9.78. The third-order valence-corrected chi connectivity index (χ3v) is 6.89. The summed E-state index contributed by atoms with van der Waals surface area (Å²) in [6.07, 6.45) is 0.355. The summed E-state index contributed by atoms with van der Waals surface area (Å²) < 4.78 is 42.5. The molecule has 1 amide bonds. The van der Waals surface area contributed by atoms with Gasteiger partial charge in [0.1, 0.15) is 5.58 Å². The molecule has 10 heteroatoms. The van der Waals surface area contributed by atoms with E-state index >= 15 is 0 Å². The highest BCUT2D eigenvalue weighted by molar-refractivity contribution is 7.89. The molecule has 0 fully saturated rings. The van der Waals surface area contributed by atoms with Gasteiger partial charge in [0.2, 0.25) is 27.0 Å². The zero-order valence-electron chi connectivity index (χ0n) is 18.6. The van der Waals surface area contributed by atoms with Gasteiger partial charge >= 0.3 is 0 Å². The van der Waals surface area contributed by atoms with E-state index in [-0.39, 0.29) is 22.2 Å². The normalized spacial score (nSPS) is 12.6. The molecule has 0 spiro atoms. The predicted molar refractivity (Wildman–Crippen MR) is 126 cm³/mol. The molecule has 2 aromatic heterocycles. The molecule has 0 saturated heterocycles. The fourth-order valence-electron chi connectivity index (χ4n) is 3.20. The Morgan fingerprint density at radius 1 is 1.03 bits per heavy atom. The third-order valence-electron chi connectivity index (χ3n) is 5.07. The van der Waals surface area contributed by atoms with Crippen molar-refractivity contribution in [1.29, 1.82) is 0 Å². The molecule has 4 rings (SSSR count). The van der Waals surface area contributed by atoms with Crippen molar-refractivity contribution in [3.63, 3.8) is 0 Å². The van der Waals surface area contributed by atoms with Crippen LogP contribution in [0.15, 0.2) is 85.5 Å². The fourth-order valence-corrected chi connectivity index (χ4v) is 4.10. The smallest absolute Gasteiger partial charge is 0.265 e. The Balaban J connectivity index is 1.59. The number of amides is 1. The Kier molecular flexibility index (Phi) is 6.27. The van der Waals surface area contributed by atoms with E-state index < -0.39 is 27.5 Å². The zero-order valence-corrected chi connectivity index (χ0v) is 19.5. The van der Waals surface area contributed by atoms with Crippen molar-refractivity contribution in [3.05, 3.63) is 77.2 Å². The average Bonchev–Trinajstić information content (AvgIpc) is 3.35. The second-order valence-electron chi connectivity index (χ2n) is 7.62. The molecule has 0 saturated carbocycles. The number of hydrogen-bond donors (Lipinski definition) is 1. The standard InChI is InChI=1S/C24H22N2O7S/c1-15(24(28)25-16-10-12-17(13-11-16)34(29,30)26(2)3)32-23-21(27)18-7-4-5-8-19(18)33-22(23)20-9-6-14-31-20/h4-15H,1-3H3,(H,25,28). The highest BCUT2D eigenvalue weighted by Gasteiger charge is 2.24. The molecule has 1 N–H and O–H groups in total. The van der Waals surface area contributed by atoms with Crippen molar-refractivity contribution in [2.24, 2.45) is 0 Å². The molecule has 34 heavy (non-hydrogen) atoms. The average molecular weight is 483 g/mol. The zero-order chi connectivity index (χ0) is 24.5. The first-order chi connectivity index (χ1) is 16.2. The molecule has 1 atom stereocenters. The third kappa shape index (κ3) is 4.45. The Morgan fingerprint density at radius 2 is 1.74 bits per heavy atom. The van der Waals surface area contributed by atoms with Gasteiger partial charge in [-0.3, -0.25) is 9.59 Å². The monoisotopic (exact) mass is 482 g/mol. The van der Waals surface area contributed by atoms with Crippen molar-refractivity contribution in [3.8, 4) is 17.3 Å². The van der Waals surface area contributed by atoms with Gasteiger partial charge in [-0.25, -0.2) is 12.7 Å². The van der Waals surface area contributed by atoms with E-state index in [0.29, 0.717) is 16.7 Å². The van der Waals surface area contributed by atoms with E-state index in [1.165, 1.54) is 51.5 Å². The Labute approximate surface area is 195 Å². The van der Waals surface area contributed by atoms with Gasteiger partial charge in [0.05, 0.1) is 16.5 Å². The summed E-state index contributed by atoms with van der Waals surface area (Å²) in [5.41, 5.74) is 0.289. The maximum atomic E-state index is 13.1. The molecule has 0 bridgehead atoms. The van der Waals surface area contributed by atoms with Crippen LogP contribution >= 0.6 is 0 Å². The summed E-state index contributed by atoms with van der Waals surface area (Å²) in [6, 6.07) is 15.7. The minimum atomic E-state index is -3.59. The summed E-state index contributed by atoms with van der Waals surface area (Å²) in [6.45, 7) is 1.49. The summed E-state index contributed by atoms with van der Waals surface area (Å²) in [5.74, 6) is -0.334. The number of carbonyl (C=O) groups excluding carboxylic acids is 1. The van der Waals surface area contributed by atoms with Crippen LogP contribution in [-0.2, 0) is 14.8 Å². The maximum absolute atomic E-state index is 13.1. The first kappa shape index (κ1) is 23.3. The van der Waals surface area contributed by atoms with E-state index in [2.05, 4.69) is 5.32 Å². The van der Waals surface area contributed by atoms with Gasteiger partial charge in [0.15, 0.2) is 11.9 Å². The highest BCUT2D eigenvalue weighted by atomic mass is 32.2. The number of anilines is 1. The number of benzene rings is 2. The van der Waals surface area contributed by atoms with Gasteiger partial charge < -0.3 is 18.9 Å². The molecule has 9 nitrogen and oxygen atoms in total. The van der Waals surface area contributed by atoms with Crippen molar-refractivity contribution in [1.82, 2.24) is 4.31 Å². The van der Waals surface area contributed by atoms with Gasteiger partial charge in [0, 0.05) is 19.8 Å². The number of furan rings is 1. The first-order valence-corrected chi connectivity index (χ1v) is 11.7. The van der Waals surface area contributed by atoms with Gasteiger partial charge in [-0.15, -0.1) is 0 Å². The van der Waals surface area contributed by atoms with Crippen molar-refractivity contribution in [2.45, 2.75) is 17.9 Å². The van der Waals surface area contributed by atoms with E-state index in [0.717, 1.165) is 4.31 Å². The number of para-hydroxylation sites is 1. The number of nitrogens with zero attached hydrogens (tertiary/aromatic N) is 1. The molecule has 0 aliphatic rings. The lowest BCUT2D eigenvalue weighted by molar-refractivity contribution is -0.122. The maximum Gasteiger partial charge on any atom is 0.265 e. The molecule has 2 heterocycles. The van der Waals surface area contributed by atoms with Crippen LogP contribution in [0.4, 0.5) is 5.69 Å². The van der Waals surface area contributed by atoms with Crippen LogP contribution < -0.4 is 15.5 Å². The molecule has 0 aliphatic carbocycles. The van der Waals surface area contributed by atoms with E-state index in [9.17, 15) is 18.0 Å². The van der Waals surface area contributed by atoms with Gasteiger partial charge in [0.25, 0.3) is 5.91 Å². The first-order valence-electron chi connectivity index (χ1n) is 10.3. The van der Waals surface area contributed by atoms with E-state index in [4.69, 9.17) is 13.6 Å². The van der Waals surface area contributed by atoms with Crippen LogP contribution in [-0.4, -0.2) is 38.8 Å². The van der Waals surface area contributed by atoms with Crippen LogP contribution in [0.25, 0.3) is 22.5 Å². The number of ether oxygens (including phenoxy) is 1. The van der Waals surface area contributed by atoms with E-state index in [1.807, 2.05) is 0 Å². The van der Waals surface area contributed by atoms with Crippen molar-refractivity contribution >= 4 is 32.6 Å². The highest BCUT2D eigenvalue weighted by Crippen LogP contribution is 2.31. The lowest BCUT2D eigenvalue weighted by Crippen LogP contribution is -2.31. The SMILES string of the molecule is CC(Oc1c(-c2ccco2)oc2ccccc2c1=O)C(=O)Nc1ccc(S(=O)(=O)N(C)C)cc1. The van der Waals surface area contributed by atoms with E-state index in [1.54, 1.807) is 36.4 Å². The Bertz CT molecular complexity index is 1490. The number of carbonyl (C=O) groups is 1. The van der Waals surface area contributed by atoms with Crippen LogP contribution in [0.3, 0.4) is 0 Å². The molecule has 176 valence electrons.